The number of aromatic nitrogens is 1. The van der Waals surface area contributed by atoms with Crippen LogP contribution in [0.5, 0.6) is 0 Å². The van der Waals surface area contributed by atoms with Crippen molar-refractivity contribution in [3.8, 4) is 0 Å². The molecule has 1 aliphatic rings. The zero-order valence-electron chi connectivity index (χ0n) is 16.8. The summed E-state index contributed by atoms with van der Waals surface area (Å²) in [6.45, 7) is 1.98. The van der Waals surface area contributed by atoms with Crippen LogP contribution in [-0.2, 0) is 18.3 Å². The topological polar surface area (TPSA) is 54.3 Å². The van der Waals surface area contributed by atoms with E-state index in [1.54, 1.807) is 11.3 Å². The number of nitrogens with one attached hydrogen (secondary N) is 1. The molecule has 0 bridgehead atoms. The van der Waals surface area contributed by atoms with E-state index in [4.69, 9.17) is 0 Å². The molecule has 1 N–H and O–H groups in total. The molecule has 2 amide bonds. The number of piperidine rings is 1. The highest BCUT2D eigenvalue weighted by Crippen LogP contribution is 2.26. The molecule has 29 heavy (non-hydrogen) atoms. The van der Waals surface area contributed by atoms with E-state index in [0.29, 0.717) is 19.6 Å². The Morgan fingerprint density at radius 1 is 1.14 bits per heavy atom. The first kappa shape index (κ1) is 19.7. The van der Waals surface area contributed by atoms with Crippen molar-refractivity contribution in [2.75, 3.05) is 19.6 Å². The Morgan fingerprint density at radius 3 is 2.62 bits per heavy atom. The monoisotopic (exact) mass is 409 g/mol. The third kappa shape index (κ3) is 4.37. The largest absolute Gasteiger partial charge is 0.356 e. The zero-order valence-corrected chi connectivity index (χ0v) is 17.6. The lowest BCUT2D eigenvalue weighted by atomic mass is 9.95. The molecule has 1 fully saturated rings. The van der Waals surface area contributed by atoms with Crippen LogP contribution < -0.4 is 5.32 Å². The van der Waals surface area contributed by atoms with Gasteiger partial charge in [0.15, 0.2) is 0 Å². The van der Waals surface area contributed by atoms with Crippen molar-refractivity contribution in [2.24, 2.45) is 13.0 Å². The molecule has 2 aromatic heterocycles. The number of amides is 2. The van der Waals surface area contributed by atoms with Crippen molar-refractivity contribution in [3.05, 3.63) is 59.1 Å². The van der Waals surface area contributed by atoms with Crippen molar-refractivity contribution < 1.29 is 9.59 Å². The van der Waals surface area contributed by atoms with Crippen molar-refractivity contribution in [3.63, 3.8) is 0 Å². The molecule has 0 radical (unpaired) electrons. The maximum Gasteiger partial charge on any atom is 0.270 e. The Balaban J connectivity index is 1.23. The Bertz CT molecular complexity index is 984. The van der Waals surface area contributed by atoms with Crippen LogP contribution in [0.4, 0.5) is 0 Å². The number of aryl methyl sites for hydroxylation is 2. The van der Waals surface area contributed by atoms with Crippen molar-refractivity contribution in [1.82, 2.24) is 14.8 Å². The molecule has 0 aliphatic carbocycles. The highest BCUT2D eigenvalue weighted by atomic mass is 32.1. The number of carbonyl (C=O) groups is 2. The number of carbonyl (C=O) groups excluding carboxylic acids is 2. The lowest BCUT2D eigenvalue weighted by molar-refractivity contribution is -0.126. The quantitative estimate of drug-likeness (QED) is 0.629. The second kappa shape index (κ2) is 8.82. The molecular weight excluding hydrogens is 382 g/mol. The van der Waals surface area contributed by atoms with Crippen LogP contribution in [0.2, 0.25) is 0 Å². The number of thiophene rings is 1. The Morgan fingerprint density at radius 2 is 1.90 bits per heavy atom. The van der Waals surface area contributed by atoms with Crippen molar-refractivity contribution in [1.29, 1.82) is 0 Å². The van der Waals surface area contributed by atoms with Gasteiger partial charge in [0.05, 0.1) is 10.2 Å². The summed E-state index contributed by atoms with van der Waals surface area (Å²) in [6.07, 6.45) is 3.38. The molecule has 1 aliphatic heterocycles. The van der Waals surface area contributed by atoms with Gasteiger partial charge < -0.3 is 14.8 Å². The molecule has 152 valence electrons. The predicted molar refractivity (Wildman–Crippen MR) is 117 cm³/mol. The summed E-state index contributed by atoms with van der Waals surface area (Å²) >= 11 is 1.65. The minimum atomic E-state index is 0.00711. The molecule has 0 spiro atoms. The average Bonchev–Trinajstić information content (AvgIpc) is 3.34. The standard InChI is InChI=1S/C23H27N3O2S/c1-25-19-11-15-29-21(19)16-20(25)23(28)26-13-9-18(10-14-26)22(27)24-12-5-8-17-6-3-2-4-7-17/h2-4,6-7,11,15-16,18H,5,8-10,12-14H2,1H3,(H,24,27). The van der Waals surface area contributed by atoms with Crippen LogP contribution in [0.1, 0.15) is 35.3 Å². The van der Waals surface area contributed by atoms with Gasteiger partial charge in [0.25, 0.3) is 5.91 Å². The molecular formula is C23H27N3O2S. The van der Waals surface area contributed by atoms with E-state index in [2.05, 4.69) is 17.4 Å². The second-order valence-corrected chi connectivity index (χ2v) is 8.65. The van der Waals surface area contributed by atoms with E-state index in [0.717, 1.165) is 41.6 Å². The number of hydrogen-bond acceptors (Lipinski definition) is 3. The molecule has 3 aromatic rings. The summed E-state index contributed by atoms with van der Waals surface area (Å²) < 4.78 is 3.11. The molecule has 0 saturated carbocycles. The molecule has 6 heteroatoms. The second-order valence-electron chi connectivity index (χ2n) is 7.71. The number of hydrogen-bond donors (Lipinski definition) is 1. The van der Waals surface area contributed by atoms with E-state index in [9.17, 15) is 9.59 Å². The van der Waals surface area contributed by atoms with E-state index in [1.807, 2.05) is 52.2 Å². The van der Waals surface area contributed by atoms with Gasteiger partial charge in [-0.3, -0.25) is 9.59 Å². The predicted octanol–water partition coefficient (Wildman–Crippen LogP) is 3.84. The van der Waals surface area contributed by atoms with Gasteiger partial charge >= 0.3 is 0 Å². The van der Waals surface area contributed by atoms with Gasteiger partial charge in [-0.05, 0) is 48.8 Å². The lowest BCUT2D eigenvalue weighted by Crippen LogP contribution is -2.43. The van der Waals surface area contributed by atoms with Crippen LogP contribution in [0.25, 0.3) is 10.2 Å². The van der Waals surface area contributed by atoms with Crippen LogP contribution in [-0.4, -0.2) is 40.9 Å². The number of fused-ring (bicyclic) bond motifs is 1. The smallest absolute Gasteiger partial charge is 0.270 e. The van der Waals surface area contributed by atoms with Gasteiger partial charge in [-0.15, -0.1) is 11.3 Å². The van der Waals surface area contributed by atoms with E-state index in [1.165, 1.54) is 5.56 Å². The summed E-state index contributed by atoms with van der Waals surface area (Å²) in [5, 5.41) is 5.12. The maximum absolute atomic E-state index is 12.9. The minimum Gasteiger partial charge on any atom is -0.356 e. The molecule has 0 unspecified atom stereocenters. The van der Waals surface area contributed by atoms with Crippen molar-refractivity contribution >= 4 is 33.4 Å². The zero-order chi connectivity index (χ0) is 20.2. The van der Waals surface area contributed by atoms with Crippen LogP contribution >= 0.6 is 11.3 Å². The fourth-order valence-electron chi connectivity index (χ4n) is 4.06. The molecule has 4 rings (SSSR count). The highest BCUT2D eigenvalue weighted by Gasteiger charge is 2.29. The van der Waals surface area contributed by atoms with Crippen LogP contribution in [0.15, 0.2) is 47.8 Å². The summed E-state index contributed by atoms with van der Waals surface area (Å²) in [7, 11) is 1.94. The summed E-state index contributed by atoms with van der Waals surface area (Å²) in [5.41, 5.74) is 3.13. The summed E-state index contributed by atoms with van der Waals surface area (Å²) in [5.74, 6) is 0.204. The molecule has 3 heterocycles. The molecule has 1 aromatic carbocycles. The van der Waals surface area contributed by atoms with Crippen LogP contribution in [0, 0.1) is 5.92 Å². The van der Waals surface area contributed by atoms with E-state index in [-0.39, 0.29) is 17.7 Å². The molecule has 1 saturated heterocycles. The first-order valence-electron chi connectivity index (χ1n) is 10.3. The van der Waals surface area contributed by atoms with Gasteiger partial charge in [-0.2, -0.15) is 0 Å². The van der Waals surface area contributed by atoms with Gasteiger partial charge in [-0.25, -0.2) is 0 Å². The van der Waals surface area contributed by atoms with Gasteiger partial charge in [-0.1, -0.05) is 30.3 Å². The maximum atomic E-state index is 12.9. The third-order valence-electron chi connectivity index (χ3n) is 5.82. The number of benzene rings is 1. The van der Waals surface area contributed by atoms with Gasteiger partial charge in [0.2, 0.25) is 5.91 Å². The SMILES string of the molecule is Cn1c(C(=O)N2CCC(C(=O)NCCCc3ccccc3)CC2)cc2sccc21. The summed E-state index contributed by atoms with van der Waals surface area (Å²) in [6, 6.07) is 14.4. The average molecular weight is 410 g/mol. The molecule has 5 nitrogen and oxygen atoms in total. The first-order chi connectivity index (χ1) is 14.1. The number of likely N-dealkylation sites (tertiary alicyclic amines) is 1. The minimum absolute atomic E-state index is 0.00711. The number of rotatable bonds is 6. The lowest BCUT2D eigenvalue weighted by Gasteiger charge is -2.31. The van der Waals surface area contributed by atoms with E-state index < -0.39 is 0 Å². The third-order valence-corrected chi connectivity index (χ3v) is 6.67. The van der Waals surface area contributed by atoms with Gasteiger partial charge in [0.1, 0.15) is 5.69 Å². The fourth-order valence-corrected chi connectivity index (χ4v) is 4.90. The van der Waals surface area contributed by atoms with E-state index >= 15 is 0 Å². The highest BCUT2D eigenvalue weighted by molar-refractivity contribution is 7.17. The fraction of sp³-hybridized carbons (Fsp3) is 0.391. The first-order valence-corrected chi connectivity index (χ1v) is 11.2. The number of nitrogens with zero attached hydrogens (tertiary/aromatic N) is 2. The normalized spacial score (nSPS) is 15.0. The van der Waals surface area contributed by atoms with Crippen molar-refractivity contribution in [2.45, 2.75) is 25.7 Å². The molecule has 0 atom stereocenters. The Kier molecular flexibility index (Phi) is 6.00. The van der Waals surface area contributed by atoms with Crippen LogP contribution in [0.3, 0.4) is 0 Å². The summed E-state index contributed by atoms with van der Waals surface area (Å²) in [4.78, 5) is 27.3. The Labute approximate surface area is 175 Å². The van der Waals surface area contributed by atoms with Gasteiger partial charge in [0, 0.05) is 32.6 Å². The Hall–Kier alpha value is -2.60.